The zero-order chi connectivity index (χ0) is 19.2. The number of ether oxygens (including phenoxy) is 1. The van der Waals surface area contributed by atoms with Crippen LogP contribution >= 0.6 is 0 Å². The fourth-order valence-electron chi connectivity index (χ4n) is 2.86. The Bertz CT molecular complexity index is 856. The molecule has 0 radical (unpaired) electrons. The third-order valence-corrected chi connectivity index (χ3v) is 4.19. The van der Waals surface area contributed by atoms with Crippen LogP contribution in [0.3, 0.4) is 0 Å². The third-order valence-electron chi connectivity index (χ3n) is 4.19. The zero-order valence-corrected chi connectivity index (χ0v) is 15.0. The van der Waals surface area contributed by atoms with Crippen molar-refractivity contribution in [3.63, 3.8) is 0 Å². The topological polar surface area (TPSA) is 85.7 Å². The van der Waals surface area contributed by atoms with Gasteiger partial charge in [0.25, 0.3) is 0 Å². The molecular weight excluding hydrogens is 344 g/mol. The smallest absolute Gasteiger partial charge is 0.325 e. The van der Waals surface area contributed by atoms with E-state index in [4.69, 9.17) is 10.00 Å². The lowest BCUT2D eigenvalue weighted by atomic mass is 10.2. The molecular formula is C20H20N4O3. The second kappa shape index (κ2) is 8.23. The SMILES string of the molecule is CCOc1ccc(N2CCN(CC(=O)Nc3ccc(C#N)cc3)C2=O)cc1. The zero-order valence-electron chi connectivity index (χ0n) is 15.0. The van der Waals surface area contributed by atoms with Gasteiger partial charge in [0.2, 0.25) is 5.91 Å². The van der Waals surface area contributed by atoms with Crippen LogP contribution in [0.1, 0.15) is 12.5 Å². The number of hydrogen-bond acceptors (Lipinski definition) is 4. The molecule has 0 atom stereocenters. The molecule has 0 aliphatic carbocycles. The van der Waals surface area contributed by atoms with Gasteiger partial charge in [-0.05, 0) is 55.5 Å². The standard InChI is InChI=1S/C20H20N4O3/c1-2-27-18-9-7-17(8-10-18)24-12-11-23(20(24)26)14-19(25)22-16-5-3-15(13-21)4-6-16/h3-10H,2,11-12,14H2,1H3,(H,22,25). The molecule has 1 N–H and O–H groups in total. The van der Waals surface area contributed by atoms with Crippen molar-refractivity contribution in [2.75, 3.05) is 36.5 Å². The maximum Gasteiger partial charge on any atom is 0.325 e. The fourth-order valence-corrected chi connectivity index (χ4v) is 2.86. The molecule has 27 heavy (non-hydrogen) atoms. The molecule has 138 valence electrons. The molecule has 0 aromatic heterocycles. The van der Waals surface area contributed by atoms with Crippen molar-refractivity contribution >= 4 is 23.3 Å². The van der Waals surface area contributed by atoms with Gasteiger partial charge >= 0.3 is 6.03 Å². The summed E-state index contributed by atoms with van der Waals surface area (Å²) in [7, 11) is 0. The molecule has 1 saturated heterocycles. The Morgan fingerprint density at radius 1 is 1.15 bits per heavy atom. The molecule has 1 aliphatic heterocycles. The molecule has 0 unspecified atom stereocenters. The summed E-state index contributed by atoms with van der Waals surface area (Å²) >= 11 is 0. The first-order valence-electron chi connectivity index (χ1n) is 8.70. The van der Waals surface area contributed by atoms with Crippen LogP contribution in [0.4, 0.5) is 16.2 Å². The molecule has 1 heterocycles. The summed E-state index contributed by atoms with van der Waals surface area (Å²) in [4.78, 5) is 28.0. The monoisotopic (exact) mass is 364 g/mol. The van der Waals surface area contributed by atoms with Crippen LogP contribution in [0.5, 0.6) is 5.75 Å². The molecule has 7 heteroatoms. The Kier molecular flexibility index (Phi) is 5.57. The van der Waals surface area contributed by atoms with E-state index in [1.807, 2.05) is 37.3 Å². The number of nitrogens with one attached hydrogen (secondary N) is 1. The van der Waals surface area contributed by atoms with E-state index in [0.29, 0.717) is 30.9 Å². The minimum Gasteiger partial charge on any atom is -0.494 e. The Hall–Kier alpha value is -3.53. The molecule has 3 amide bonds. The second-order valence-corrected chi connectivity index (χ2v) is 6.02. The van der Waals surface area contributed by atoms with Crippen LogP contribution in [0.25, 0.3) is 0 Å². The van der Waals surface area contributed by atoms with Gasteiger partial charge in [-0.25, -0.2) is 4.79 Å². The van der Waals surface area contributed by atoms with Crippen molar-refractivity contribution in [1.29, 1.82) is 5.26 Å². The van der Waals surface area contributed by atoms with Gasteiger partial charge in [-0.3, -0.25) is 9.69 Å². The predicted octanol–water partition coefficient (Wildman–Crippen LogP) is 2.84. The lowest BCUT2D eigenvalue weighted by molar-refractivity contribution is -0.116. The number of benzene rings is 2. The molecule has 7 nitrogen and oxygen atoms in total. The van der Waals surface area contributed by atoms with Crippen molar-refractivity contribution in [3.8, 4) is 11.8 Å². The van der Waals surface area contributed by atoms with E-state index >= 15 is 0 Å². The van der Waals surface area contributed by atoms with E-state index in [2.05, 4.69) is 5.32 Å². The summed E-state index contributed by atoms with van der Waals surface area (Å²) in [6.45, 7) is 3.49. The number of nitriles is 1. The average Bonchev–Trinajstić information content (AvgIpc) is 3.03. The predicted molar refractivity (Wildman–Crippen MR) is 102 cm³/mol. The number of hydrogen-bond donors (Lipinski definition) is 1. The van der Waals surface area contributed by atoms with Gasteiger partial charge in [0.1, 0.15) is 12.3 Å². The van der Waals surface area contributed by atoms with Crippen molar-refractivity contribution in [3.05, 3.63) is 54.1 Å². The Balaban J connectivity index is 1.57. The Morgan fingerprint density at radius 2 is 1.85 bits per heavy atom. The highest BCUT2D eigenvalue weighted by Crippen LogP contribution is 2.23. The second-order valence-electron chi connectivity index (χ2n) is 6.02. The first-order valence-corrected chi connectivity index (χ1v) is 8.70. The minimum absolute atomic E-state index is 0.0215. The number of carbonyl (C=O) groups is 2. The van der Waals surface area contributed by atoms with Crippen LogP contribution in [0.15, 0.2) is 48.5 Å². The number of urea groups is 1. The van der Waals surface area contributed by atoms with Crippen LogP contribution in [0.2, 0.25) is 0 Å². The molecule has 2 aromatic rings. The van der Waals surface area contributed by atoms with E-state index in [0.717, 1.165) is 11.4 Å². The summed E-state index contributed by atoms with van der Waals surface area (Å²) in [6.07, 6.45) is 0. The molecule has 1 fully saturated rings. The van der Waals surface area contributed by atoms with Crippen molar-refractivity contribution < 1.29 is 14.3 Å². The number of nitrogens with zero attached hydrogens (tertiary/aromatic N) is 3. The average molecular weight is 364 g/mol. The summed E-state index contributed by atoms with van der Waals surface area (Å²) in [5, 5.41) is 11.5. The van der Waals surface area contributed by atoms with Gasteiger partial charge in [0.15, 0.2) is 0 Å². The highest BCUT2D eigenvalue weighted by molar-refractivity contribution is 5.99. The summed E-state index contributed by atoms with van der Waals surface area (Å²) in [6, 6.07) is 15.7. The normalized spacial score (nSPS) is 13.4. The van der Waals surface area contributed by atoms with Crippen LogP contribution < -0.4 is 15.0 Å². The third kappa shape index (κ3) is 4.36. The van der Waals surface area contributed by atoms with Crippen LogP contribution in [-0.2, 0) is 4.79 Å². The largest absolute Gasteiger partial charge is 0.494 e. The first-order chi connectivity index (χ1) is 13.1. The summed E-state index contributed by atoms with van der Waals surface area (Å²) in [5.41, 5.74) is 1.89. The van der Waals surface area contributed by atoms with Gasteiger partial charge in [-0.1, -0.05) is 0 Å². The van der Waals surface area contributed by atoms with Crippen LogP contribution in [-0.4, -0.2) is 43.1 Å². The van der Waals surface area contributed by atoms with Gasteiger partial charge in [-0.2, -0.15) is 5.26 Å². The van der Waals surface area contributed by atoms with E-state index in [-0.39, 0.29) is 18.5 Å². The summed E-state index contributed by atoms with van der Waals surface area (Å²) in [5.74, 6) is 0.480. The molecule has 2 aromatic carbocycles. The fraction of sp³-hybridized carbons (Fsp3) is 0.250. The lowest BCUT2D eigenvalue weighted by Gasteiger charge is -2.18. The molecule has 1 aliphatic rings. The maximum atomic E-state index is 12.6. The van der Waals surface area contributed by atoms with Gasteiger partial charge in [-0.15, -0.1) is 0 Å². The quantitative estimate of drug-likeness (QED) is 0.854. The minimum atomic E-state index is -0.276. The van der Waals surface area contributed by atoms with E-state index in [9.17, 15) is 9.59 Å². The maximum absolute atomic E-state index is 12.6. The number of carbonyl (C=O) groups excluding carboxylic acids is 2. The highest BCUT2D eigenvalue weighted by atomic mass is 16.5. The van der Waals surface area contributed by atoms with E-state index in [1.54, 1.807) is 29.2 Å². The number of anilines is 2. The molecule has 0 bridgehead atoms. The highest BCUT2D eigenvalue weighted by Gasteiger charge is 2.30. The molecule has 3 rings (SSSR count). The first kappa shape index (κ1) is 18.3. The van der Waals surface area contributed by atoms with Crippen LogP contribution in [0, 0.1) is 11.3 Å². The molecule has 0 saturated carbocycles. The Labute approximate surface area is 157 Å². The number of amides is 3. The van der Waals surface area contributed by atoms with Gasteiger partial charge < -0.3 is 15.0 Å². The number of rotatable bonds is 6. The van der Waals surface area contributed by atoms with E-state index in [1.165, 1.54) is 4.90 Å². The van der Waals surface area contributed by atoms with Crippen molar-refractivity contribution in [2.45, 2.75) is 6.92 Å². The van der Waals surface area contributed by atoms with Crippen molar-refractivity contribution in [1.82, 2.24) is 4.90 Å². The molecule has 0 spiro atoms. The van der Waals surface area contributed by atoms with E-state index < -0.39 is 0 Å². The van der Waals surface area contributed by atoms with Gasteiger partial charge in [0.05, 0.1) is 18.2 Å². The lowest BCUT2D eigenvalue weighted by Crippen LogP contribution is -2.37. The summed E-state index contributed by atoms with van der Waals surface area (Å²) < 4.78 is 5.41. The van der Waals surface area contributed by atoms with Crippen molar-refractivity contribution in [2.24, 2.45) is 0 Å². The van der Waals surface area contributed by atoms with Gasteiger partial charge in [0, 0.05) is 24.5 Å². The Morgan fingerprint density at radius 3 is 2.48 bits per heavy atom.